The van der Waals surface area contributed by atoms with Gasteiger partial charge in [0.25, 0.3) is 5.91 Å². The molecule has 1 aromatic rings. The second-order valence-electron chi connectivity index (χ2n) is 4.41. The first-order valence-corrected chi connectivity index (χ1v) is 5.83. The Morgan fingerprint density at radius 3 is 3.18 bits per heavy atom. The molecule has 1 unspecified atom stereocenters. The molecule has 1 saturated heterocycles. The number of carbonyl (C=O) groups is 1. The van der Waals surface area contributed by atoms with Crippen LogP contribution in [0.1, 0.15) is 16.8 Å². The van der Waals surface area contributed by atoms with Crippen molar-refractivity contribution in [2.75, 3.05) is 26.7 Å². The molecule has 2 heterocycles. The number of hydrogen-bond donors (Lipinski definition) is 2. The van der Waals surface area contributed by atoms with Gasteiger partial charge in [-0.2, -0.15) is 0 Å². The van der Waals surface area contributed by atoms with Crippen LogP contribution in [0, 0.1) is 5.92 Å². The van der Waals surface area contributed by atoms with E-state index in [-0.39, 0.29) is 11.5 Å². The number of nitrogens with one attached hydrogen (secondary N) is 2. The Hall–Kier alpha value is -1.62. The van der Waals surface area contributed by atoms with Crippen LogP contribution in [-0.4, -0.2) is 42.5 Å². The minimum atomic E-state index is -0.234. The topological polar surface area (TPSA) is 65.2 Å². The zero-order chi connectivity index (χ0) is 12.3. The summed E-state index contributed by atoms with van der Waals surface area (Å²) in [6.07, 6.45) is 2.53. The minimum Gasteiger partial charge on any atom is -0.338 e. The summed E-state index contributed by atoms with van der Waals surface area (Å²) < 4.78 is 0. The molecule has 1 aliphatic heterocycles. The van der Waals surface area contributed by atoms with Gasteiger partial charge >= 0.3 is 0 Å². The summed E-state index contributed by atoms with van der Waals surface area (Å²) in [4.78, 5) is 27.6. The van der Waals surface area contributed by atoms with Gasteiger partial charge in [-0.25, -0.2) is 0 Å². The van der Waals surface area contributed by atoms with Crippen LogP contribution in [0.25, 0.3) is 0 Å². The summed E-state index contributed by atoms with van der Waals surface area (Å²) >= 11 is 0. The van der Waals surface area contributed by atoms with Gasteiger partial charge in [0.15, 0.2) is 0 Å². The van der Waals surface area contributed by atoms with Crippen molar-refractivity contribution in [3.8, 4) is 0 Å². The van der Waals surface area contributed by atoms with Gasteiger partial charge in [0.05, 0.1) is 0 Å². The van der Waals surface area contributed by atoms with Gasteiger partial charge < -0.3 is 15.2 Å². The highest BCUT2D eigenvalue weighted by Gasteiger charge is 2.26. The van der Waals surface area contributed by atoms with Crippen LogP contribution in [0.3, 0.4) is 0 Å². The number of aromatic amines is 1. The SMILES string of the molecule is CNCC1CCN(C(=O)c2cc[nH]c(=O)c2)C1. The summed E-state index contributed by atoms with van der Waals surface area (Å²) in [6.45, 7) is 2.48. The fraction of sp³-hybridized carbons (Fsp3) is 0.500. The predicted octanol–water partition coefficient (Wildman–Crippen LogP) is 0.0564. The first-order chi connectivity index (χ1) is 8.20. The molecule has 2 rings (SSSR count). The molecule has 0 spiro atoms. The Kier molecular flexibility index (Phi) is 3.58. The molecule has 1 aliphatic rings. The van der Waals surface area contributed by atoms with Gasteiger partial charge in [-0.15, -0.1) is 0 Å². The van der Waals surface area contributed by atoms with E-state index in [0.29, 0.717) is 11.5 Å². The highest BCUT2D eigenvalue weighted by Crippen LogP contribution is 2.17. The Bertz CT molecular complexity index is 455. The van der Waals surface area contributed by atoms with E-state index in [1.54, 1.807) is 6.07 Å². The van der Waals surface area contributed by atoms with E-state index in [2.05, 4.69) is 10.3 Å². The minimum absolute atomic E-state index is 0.0466. The van der Waals surface area contributed by atoms with Crippen LogP contribution in [0.5, 0.6) is 0 Å². The second-order valence-corrected chi connectivity index (χ2v) is 4.41. The van der Waals surface area contributed by atoms with Crippen molar-refractivity contribution in [1.29, 1.82) is 0 Å². The van der Waals surface area contributed by atoms with Crippen LogP contribution >= 0.6 is 0 Å². The first-order valence-electron chi connectivity index (χ1n) is 5.83. The number of H-pyrrole nitrogens is 1. The van der Waals surface area contributed by atoms with Crippen LogP contribution < -0.4 is 10.9 Å². The summed E-state index contributed by atoms with van der Waals surface area (Å²) in [6, 6.07) is 3.00. The Balaban J connectivity index is 2.04. The van der Waals surface area contributed by atoms with Crippen LogP contribution in [0.2, 0.25) is 0 Å². The van der Waals surface area contributed by atoms with E-state index in [1.807, 2.05) is 11.9 Å². The van der Waals surface area contributed by atoms with E-state index >= 15 is 0 Å². The predicted molar refractivity (Wildman–Crippen MR) is 65.0 cm³/mol. The molecule has 92 valence electrons. The maximum Gasteiger partial charge on any atom is 0.254 e. The lowest BCUT2D eigenvalue weighted by molar-refractivity contribution is 0.0787. The van der Waals surface area contributed by atoms with Crippen molar-refractivity contribution in [2.24, 2.45) is 5.92 Å². The van der Waals surface area contributed by atoms with Crippen molar-refractivity contribution in [3.63, 3.8) is 0 Å². The fourth-order valence-electron chi connectivity index (χ4n) is 2.23. The third-order valence-corrected chi connectivity index (χ3v) is 3.09. The average molecular weight is 235 g/mol. The van der Waals surface area contributed by atoms with Gasteiger partial charge in [0, 0.05) is 30.9 Å². The smallest absolute Gasteiger partial charge is 0.254 e. The van der Waals surface area contributed by atoms with E-state index in [0.717, 1.165) is 26.1 Å². The van der Waals surface area contributed by atoms with Crippen molar-refractivity contribution < 1.29 is 4.79 Å². The number of hydrogen-bond acceptors (Lipinski definition) is 3. The Morgan fingerprint density at radius 1 is 1.65 bits per heavy atom. The number of rotatable bonds is 3. The lowest BCUT2D eigenvalue weighted by Gasteiger charge is -2.16. The summed E-state index contributed by atoms with van der Waals surface area (Å²) in [5.74, 6) is 0.473. The zero-order valence-corrected chi connectivity index (χ0v) is 9.90. The van der Waals surface area contributed by atoms with Crippen LogP contribution in [-0.2, 0) is 0 Å². The molecule has 0 bridgehead atoms. The fourth-order valence-corrected chi connectivity index (χ4v) is 2.23. The molecule has 0 aromatic carbocycles. The van der Waals surface area contributed by atoms with Crippen LogP contribution in [0.15, 0.2) is 23.1 Å². The van der Waals surface area contributed by atoms with Crippen molar-refractivity contribution in [1.82, 2.24) is 15.2 Å². The number of amides is 1. The van der Waals surface area contributed by atoms with E-state index in [9.17, 15) is 9.59 Å². The van der Waals surface area contributed by atoms with E-state index < -0.39 is 0 Å². The van der Waals surface area contributed by atoms with Gasteiger partial charge in [-0.3, -0.25) is 9.59 Å². The maximum atomic E-state index is 12.1. The van der Waals surface area contributed by atoms with Gasteiger partial charge in [0.2, 0.25) is 5.56 Å². The molecule has 1 fully saturated rings. The zero-order valence-electron chi connectivity index (χ0n) is 9.90. The Labute approximate surface area is 99.8 Å². The molecule has 5 heteroatoms. The molecule has 0 aliphatic carbocycles. The summed E-state index contributed by atoms with van der Waals surface area (Å²) in [5, 5.41) is 3.13. The molecule has 1 atom stereocenters. The highest BCUT2D eigenvalue weighted by atomic mass is 16.2. The maximum absolute atomic E-state index is 12.1. The lowest BCUT2D eigenvalue weighted by atomic mass is 10.1. The van der Waals surface area contributed by atoms with Gasteiger partial charge in [-0.1, -0.05) is 0 Å². The van der Waals surface area contributed by atoms with Crippen molar-refractivity contribution in [2.45, 2.75) is 6.42 Å². The summed E-state index contributed by atoms with van der Waals surface area (Å²) in [5.41, 5.74) is 0.237. The number of carbonyl (C=O) groups excluding carboxylic acids is 1. The molecule has 1 amide bonds. The lowest BCUT2D eigenvalue weighted by Crippen LogP contribution is -2.31. The van der Waals surface area contributed by atoms with Crippen molar-refractivity contribution >= 4 is 5.91 Å². The van der Waals surface area contributed by atoms with Crippen molar-refractivity contribution in [3.05, 3.63) is 34.2 Å². The Morgan fingerprint density at radius 2 is 2.47 bits per heavy atom. The number of nitrogens with zero attached hydrogens (tertiary/aromatic N) is 1. The molecule has 0 saturated carbocycles. The highest BCUT2D eigenvalue weighted by molar-refractivity contribution is 5.94. The van der Waals surface area contributed by atoms with Gasteiger partial charge in [0.1, 0.15) is 0 Å². The summed E-state index contributed by atoms with van der Waals surface area (Å²) in [7, 11) is 1.92. The normalized spacial score (nSPS) is 19.6. The van der Waals surface area contributed by atoms with Crippen LogP contribution in [0.4, 0.5) is 0 Å². The van der Waals surface area contributed by atoms with E-state index in [1.165, 1.54) is 12.3 Å². The largest absolute Gasteiger partial charge is 0.338 e. The molecule has 5 nitrogen and oxygen atoms in total. The number of aromatic nitrogens is 1. The van der Waals surface area contributed by atoms with E-state index in [4.69, 9.17) is 0 Å². The second kappa shape index (κ2) is 5.14. The standard InChI is InChI=1S/C12H17N3O2/c1-13-7-9-3-5-15(8-9)12(17)10-2-4-14-11(16)6-10/h2,4,6,9,13H,3,5,7-8H2,1H3,(H,14,16). The quantitative estimate of drug-likeness (QED) is 0.778. The number of pyridine rings is 1. The molecular formula is C12H17N3O2. The monoisotopic (exact) mass is 235 g/mol. The first kappa shape index (κ1) is 11.9. The molecular weight excluding hydrogens is 218 g/mol. The third kappa shape index (κ3) is 2.74. The molecule has 17 heavy (non-hydrogen) atoms. The third-order valence-electron chi connectivity index (χ3n) is 3.09. The molecule has 2 N–H and O–H groups in total. The number of likely N-dealkylation sites (tertiary alicyclic amines) is 1. The molecule has 1 aromatic heterocycles. The van der Waals surface area contributed by atoms with Gasteiger partial charge in [-0.05, 0) is 32.0 Å². The average Bonchev–Trinajstić information content (AvgIpc) is 2.77. The molecule has 0 radical (unpaired) electrons.